The van der Waals surface area contributed by atoms with Gasteiger partial charge in [0.15, 0.2) is 0 Å². The maximum Gasteiger partial charge on any atom is 0.0992 e. The van der Waals surface area contributed by atoms with Crippen LogP contribution in [0.25, 0.3) is 11.0 Å². The Balaban J connectivity index is 2.11. The van der Waals surface area contributed by atoms with Gasteiger partial charge in [0, 0.05) is 6.04 Å². The molecule has 0 radical (unpaired) electrons. The van der Waals surface area contributed by atoms with Gasteiger partial charge in [-0.05, 0) is 50.6 Å². The molecule has 1 aromatic carbocycles. The van der Waals surface area contributed by atoms with Gasteiger partial charge in [-0.25, -0.2) is 4.98 Å². The van der Waals surface area contributed by atoms with Crippen LogP contribution >= 0.6 is 0 Å². The SMILES string of the molecule is Cc1cc(C#N)cc2ncn(C3CCNCC3)c12. The molecule has 0 amide bonds. The summed E-state index contributed by atoms with van der Waals surface area (Å²) < 4.78 is 2.28. The molecule has 1 saturated heterocycles. The van der Waals surface area contributed by atoms with Crippen molar-refractivity contribution in [1.29, 1.82) is 5.26 Å². The van der Waals surface area contributed by atoms with Crippen LogP contribution in [-0.2, 0) is 0 Å². The smallest absolute Gasteiger partial charge is 0.0992 e. The number of aryl methyl sites for hydroxylation is 1. The Kier molecular flexibility index (Phi) is 2.77. The highest BCUT2D eigenvalue weighted by molar-refractivity contribution is 5.80. The van der Waals surface area contributed by atoms with E-state index in [2.05, 4.69) is 27.9 Å². The zero-order valence-corrected chi connectivity index (χ0v) is 10.5. The number of rotatable bonds is 1. The zero-order valence-electron chi connectivity index (χ0n) is 10.5. The molecule has 4 heteroatoms. The van der Waals surface area contributed by atoms with Gasteiger partial charge in [-0.3, -0.25) is 0 Å². The van der Waals surface area contributed by atoms with Gasteiger partial charge in [0.25, 0.3) is 0 Å². The van der Waals surface area contributed by atoms with Crippen LogP contribution in [0.1, 0.15) is 30.0 Å². The summed E-state index contributed by atoms with van der Waals surface area (Å²) in [4.78, 5) is 4.45. The highest BCUT2D eigenvalue weighted by Crippen LogP contribution is 2.27. The maximum atomic E-state index is 8.98. The Morgan fingerprint density at radius 1 is 1.39 bits per heavy atom. The van der Waals surface area contributed by atoms with Crippen molar-refractivity contribution >= 4 is 11.0 Å². The monoisotopic (exact) mass is 240 g/mol. The van der Waals surface area contributed by atoms with Crippen LogP contribution < -0.4 is 5.32 Å². The molecule has 2 heterocycles. The third-order valence-electron chi connectivity index (χ3n) is 3.69. The first-order chi connectivity index (χ1) is 8.79. The maximum absolute atomic E-state index is 8.98. The van der Waals surface area contributed by atoms with Crippen molar-refractivity contribution in [2.45, 2.75) is 25.8 Å². The van der Waals surface area contributed by atoms with E-state index in [-0.39, 0.29) is 0 Å². The van der Waals surface area contributed by atoms with E-state index in [0.29, 0.717) is 11.6 Å². The van der Waals surface area contributed by atoms with E-state index in [1.54, 1.807) is 0 Å². The van der Waals surface area contributed by atoms with Crippen molar-refractivity contribution in [3.8, 4) is 6.07 Å². The van der Waals surface area contributed by atoms with Crippen molar-refractivity contribution in [2.24, 2.45) is 0 Å². The van der Waals surface area contributed by atoms with Crippen LogP contribution in [0.4, 0.5) is 0 Å². The van der Waals surface area contributed by atoms with Crippen LogP contribution in [0.3, 0.4) is 0 Å². The highest BCUT2D eigenvalue weighted by Gasteiger charge is 2.18. The first-order valence-corrected chi connectivity index (χ1v) is 6.37. The molecule has 92 valence electrons. The number of piperidine rings is 1. The van der Waals surface area contributed by atoms with Gasteiger partial charge in [0.2, 0.25) is 0 Å². The molecule has 4 nitrogen and oxygen atoms in total. The average molecular weight is 240 g/mol. The normalized spacial score (nSPS) is 16.9. The standard InChI is InChI=1S/C14H16N4/c1-10-6-11(8-15)7-13-14(10)18(9-17-13)12-2-4-16-5-3-12/h6-7,9,12,16H,2-5H2,1H3. The summed E-state index contributed by atoms with van der Waals surface area (Å²) in [5.41, 5.74) is 3.95. The lowest BCUT2D eigenvalue weighted by Gasteiger charge is -2.24. The molecule has 0 saturated carbocycles. The van der Waals surface area contributed by atoms with Crippen molar-refractivity contribution in [3.05, 3.63) is 29.6 Å². The zero-order chi connectivity index (χ0) is 12.5. The van der Waals surface area contributed by atoms with Gasteiger partial charge in [-0.1, -0.05) is 0 Å². The molecular formula is C14H16N4. The second kappa shape index (κ2) is 4.43. The predicted molar refractivity (Wildman–Crippen MR) is 70.3 cm³/mol. The largest absolute Gasteiger partial charge is 0.327 e. The van der Waals surface area contributed by atoms with Gasteiger partial charge >= 0.3 is 0 Å². The van der Waals surface area contributed by atoms with E-state index in [1.807, 2.05) is 18.5 Å². The number of imidazole rings is 1. The lowest BCUT2D eigenvalue weighted by molar-refractivity contribution is 0.374. The van der Waals surface area contributed by atoms with E-state index in [1.165, 1.54) is 5.52 Å². The van der Waals surface area contributed by atoms with E-state index in [9.17, 15) is 0 Å². The molecule has 1 N–H and O–H groups in total. The number of fused-ring (bicyclic) bond motifs is 1. The predicted octanol–water partition coefficient (Wildman–Crippen LogP) is 2.14. The van der Waals surface area contributed by atoms with E-state index in [4.69, 9.17) is 5.26 Å². The second-order valence-electron chi connectivity index (χ2n) is 4.91. The quantitative estimate of drug-likeness (QED) is 0.831. The number of benzene rings is 1. The Morgan fingerprint density at radius 3 is 2.89 bits per heavy atom. The molecule has 3 rings (SSSR count). The molecule has 1 aliphatic rings. The topological polar surface area (TPSA) is 53.6 Å². The number of hydrogen-bond acceptors (Lipinski definition) is 3. The first kappa shape index (κ1) is 11.2. The van der Waals surface area contributed by atoms with Crippen molar-refractivity contribution in [3.63, 3.8) is 0 Å². The van der Waals surface area contributed by atoms with Crippen LogP contribution in [0.2, 0.25) is 0 Å². The summed E-state index contributed by atoms with van der Waals surface area (Å²) in [6.07, 6.45) is 4.21. The molecule has 0 atom stereocenters. The third-order valence-corrected chi connectivity index (χ3v) is 3.69. The van der Waals surface area contributed by atoms with Gasteiger partial charge in [0.05, 0.1) is 29.0 Å². The van der Waals surface area contributed by atoms with Crippen molar-refractivity contribution in [2.75, 3.05) is 13.1 Å². The molecule has 18 heavy (non-hydrogen) atoms. The minimum Gasteiger partial charge on any atom is -0.327 e. The first-order valence-electron chi connectivity index (χ1n) is 6.37. The molecule has 0 aliphatic carbocycles. The Labute approximate surface area is 106 Å². The number of nitriles is 1. The molecule has 0 unspecified atom stereocenters. The van der Waals surface area contributed by atoms with Crippen molar-refractivity contribution in [1.82, 2.24) is 14.9 Å². The van der Waals surface area contributed by atoms with Gasteiger partial charge < -0.3 is 9.88 Å². The van der Waals surface area contributed by atoms with Crippen LogP contribution in [-0.4, -0.2) is 22.6 Å². The fourth-order valence-electron chi connectivity index (χ4n) is 2.80. The molecule has 1 aromatic heterocycles. The van der Waals surface area contributed by atoms with Gasteiger partial charge in [0.1, 0.15) is 0 Å². The minimum absolute atomic E-state index is 0.530. The summed E-state index contributed by atoms with van der Waals surface area (Å²) in [5, 5.41) is 12.4. The fourth-order valence-corrected chi connectivity index (χ4v) is 2.80. The lowest BCUT2D eigenvalue weighted by Crippen LogP contribution is -2.29. The number of hydrogen-bond donors (Lipinski definition) is 1. The van der Waals surface area contributed by atoms with Crippen LogP contribution in [0.15, 0.2) is 18.5 Å². The molecule has 0 spiro atoms. The summed E-state index contributed by atoms with van der Waals surface area (Å²) >= 11 is 0. The summed E-state index contributed by atoms with van der Waals surface area (Å²) in [6.45, 7) is 4.20. The highest BCUT2D eigenvalue weighted by atomic mass is 15.1. The second-order valence-corrected chi connectivity index (χ2v) is 4.91. The molecule has 1 aliphatic heterocycles. The lowest BCUT2D eigenvalue weighted by atomic mass is 10.1. The number of nitrogens with zero attached hydrogens (tertiary/aromatic N) is 3. The van der Waals surface area contributed by atoms with Crippen LogP contribution in [0.5, 0.6) is 0 Å². The van der Waals surface area contributed by atoms with Crippen LogP contribution in [0, 0.1) is 18.3 Å². The Hall–Kier alpha value is -1.86. The molecule has 1 fully saturated rings. The summed E-state index contributed by atoms with van der Waals surface area (Å²) in [6, 6.07) is 6.54. The average Bonchev–Trinajstić information content (AvgIpc) is 2.84. The van der Waals surface area contributed by atoms with E-state index >= 15 is 0 Å². The molecular weight excluding hydrogens is 224 g/mol. The Bertz CT molecular complexity index is 614. The molecule has 0 bridgehead atoms. The van der Waals surface area contributed by atoms with Gasteiger partial charge in [-0.2, -0.15) is 5.26 Å². The van der Waals surface area contributed by atoms with E-state index < -0.39 is 0 Å². The molecule has 2 aromatic rings. The number of aromatic nitrogens is 2. The van der Waals surface area contributed by atoms with E-state index in [0.717, 1.165) is 37.0 Å². The summed E-state index contributed by atoms with van der Waals surface area (Å²) in [7, 11) is 0. The van der Waals surface area contributed by atoms with Gasteiger partial charge in [-0.15, -0.1) is 0 Å². The summed E-state index contributed by atoms with van der Waals surface area (Å²) in [5.74, 6) is 0. The fraction of sp³-hybridized carbons (Fsp3) is 0.429. The van der Waals surface area contributed by atoms with Crippen molar-refractivity contribution < 1.29 is 0 Å². The minimum atomic E-state index is 0.530. The Morgan fingerprint density at radius 2 is 2.17 bits per heavy atom. The number of nitrogens with one attached hydrogen (secondary N) is 1. The third kappa shape index (κ3) is 1.77.